The summed E-state index contributed by atoms with van der Waals surface area (Å²) in [4.78, 5) is 67.1. The largest absolute Gasteiger partial charge is 0.382 e. The molecule has 17 heteroatoms. The van der Waals surface area contributed by atoms with Crippen LogP contribution in [0.2, 0.25) is 0 Å². The van der Waals surface area contributed by atoms with Crippen molar-refractivity contribution in [3.8, 4) is 22.0 Å². The lowest BCUT2D eigenvalue weighted by molar-refractivity contribution is -0.136. The summed E-state index contributed by atoms with van der Waals surface area (Å²) in [5, 5.41) is 21.3. The average molecular weight is 813 g/mol. The van der Waals surface area contributed by atoms with Crippen molar-refractivity contribution in [3.05, 3.63) is 83.0 Å². The van der Waals surface area contributed by atoms with E-state index < -0.39 is 23.8 Å². The van der Waals surface area contributed by atoms with E-state index in [4.69, 9.17) is 11.6 Å². The number of aromatic nitrogens is 5. The molecule has 4 aromatic heterocycles. The van der Waals surface area contributed by atoms with Crippen LogP contribution in [0.4, 0.5) is 16.5 Å². The molecular formula is C42H44N12O4S. The molecule has 4 amide bonds. The Morgan fingerprint density at radius 2 is 1.68 bits per heavy atom. The number of nitrogens with zero attached hydrogens (tertiary/aromatic N) is 10. The minimum atomic E-state index is -0.963. The molecule has 9 rings (SSSR count). The molecule has 59 heavy (non-hydrogen) atoms. The van der Waals surface area contributed by atoms with Gasteiger partial charge in [0.15, 0.2) is 5.01 Å². The smallest absolute Gasteiger partial charge is 0.262 e. The number of piperazine rings is 1. The number of hydrogen-bond acceptors (Lipinski definition) is 13. The van der Waals surface area contributed by atoms with Gasteiger partial charge in [-0.1, -0.05) is 17.4 Å². The average Bonchev–Trinajstić information content (AvgIpc) is 3.95. The van der Waals surface area contributed by atoms with Gasteiger partial charge in [0.05, 0.1) is 46.4 Å². The maximum absolute atomic E-state index is 13.3. The summed E-state index contributed by atoms with van der Waals surface area (Å²) in [6.45, 7) is 18.8. The van der Waals surface area contributed by atoms with Crippen molar-refractivity contribution >= 4 is 57.0 Å². The number of carbonyl (C=O) groups excluding carboxylic acids is 4. The molecule has 2 N–H and O–H groups in total. The Morgan fingerprint density at radius 3 is 2.44 bits per heavy atom. The Bertz CT molecular complexity index is 2510. The van der Waals surface area contributed by atoms with E-state index >= 15 is 0 Å². The Balaban J connectivity index is 0.772. The number of hydrogen-bond donors (Lipinski definition) is 2. The van der Waals surface area contributed by atoms with Gasteiger partial charge in [-0.05, 0) is 94.1 Å². The van der Waals surface area contributed by atoms with Gasteiger partial charge in [0.1, 0.15) is 6.04 Å². The third-order valence-corrected chi connectivity index (χ3v) is 12.7. The Morgan fingerprint density at radius 1 is 0.881 bits per heavy atom. The number of benzene rings is 1. The second-order valence-corrected chi connectivity index (χ2v) is 17.0. The van der Waals surface area contributed by atoms with Crippen LogP contribution < -0.4 is 15.5 Å². The van der Waals surface area contributed by atoms with Gasteiger partial charge in [-0.3, -0.25) is 44.2 Å². The summed E-state index contributed by atoms with van der Waals surface area (Å²) in [7, 11) is 0. The molecule has 3 fully saturated rings. The van der Waals surface area contributed by atoms with Crippen LogP contribution in [0.1, 0.15) is 65.8 Å². The number of piperidine rings is 2. The first-order chi connectivity index (χ1) is 28.6. The quantitative estimate of drug-likeness (QED) is 0.148. The zero-order chi connectivity index (χ0) is 40.8. The topological polar surface area (TPSA) is 166 Å². The van der Waals surface area contributed by atoms with Gasteiger partial charge < -0.3 is 10.2 Å². The van der Waals surface area contributed by atoms with Crippen LogP contribution in [-0.4, -0.2) is 121 Å². The Kier molecular flexibility index (Phi) is 10.4. The molecular weight excluding hydrogens is 769 g/mol. The maximum Gasteiger partial charge on any atom is 0.262 e. The predicted octanol–water partition coefficient (Wildman–Crippen LogP) is 4.72. The lowest BCUT2D eigenvalue weighted by atomic mass is 9.95. The van der Waals surface area contributed by atoms with Crippen molar-refractivity contribution in [1.82, 2.24) is 44.8 Å². The van der Waals surface area contributed by atoms with E-state index in [2.05, 4.69) is 59.3 Å². The highest BCUT2D eigenvalue weighted by Gasteiger charge is 2.44. The fourth-order valence-electron chi connectivity index (χ4n) is 8.58. The fourth-order valence-corrected chi connectivity index (χ4v) is 9.50. The van der Waals surface area contributed by atoms with E-state index in [1.165, 1.54) is 0 Å². The van der Waals surface area contributed by atoms with Gasteiger partial charge in [0, 0.05) is 63.6 Å². The molecule has 4 aliphatic heterocycles. The van der Waals surface area contributed by atoms with Crippen molar-refractivity contribution in [1.29, 1.82) is 0 Å². The van der Waals surface area contributed by atoms with Crippen LogP contribution in [0.3, 0.4) is 0 Å². The molecule has 1 aromatic carbocycles. The number of likely N-dealkylation sites (tertiary alicyclic amines) is 1. The molecule has 0 radical (unpaired) electrons. The monoisotopic (exact) mass is 812 g/mol. The lowest BCUT2D eigenvalue weighted by Gasteiger charge is -2.38. The zero-order valence-corrected chi connectivity index (χ0v) is 33.7. The summed E-state index contributed by atoms with van der Waals surface area (Å²) < 4.78 is 1.80. The summed E-state index contributed by atoms with van der Waals surface area (Å²) in [6, 6.07) is 12.4. The highest BCUT2D eigenvalue weighted by Crippen LogP contribution is 2.37. The first-order valence-corrected chi connectivity index (χ1v) is 20.9. The molecule has 5 aromatic rings. The summed E-state index contributed by atoms with van der Waals surface area (Å²) in [5.74, 6) is -1.33. The van der Waals surface area contributed by atoms with Gasteiger partial charge in [-0.15, -0.1) is 10.2 Å². The number of nitrogens with one attached hydrogen (secondary N) is 2. The van der Waals surface area contributed by atoms with E-state index in [0.717, 1.165) is 107 Å². The predicted molar refractivity (Wildman–Crippen MR) is 222 cm³/mol. The molecule has 1 atom stereocenters. The third kappa shape index (κ3) is 7.66. The normalized spacial score (nSPS) is 19.5. The number of carbonyl (C=O) groups is 4. The number of fused-ring (bicyclic) bond motifs is 2. The second kappa shape index (κ2) is 15.9. The molecule has 3 saturated heterocycles. The van der Waals surface area contributed by atoms with E-state index in [0.29, 0.717) is 29.3 Å². The Labute approximate surface area is 345 Å². The first kappa shape index (κ1) is 38.4. The van der Waals surface area contributed by atoms with Crippen LogP contribution in [0, 0.1) is 12.5 Å². The summed E-state index contributed by atoms with van der Waals surface area (Å²) >= 11 is 1.58. The molecule has 16 nitrogen and oxygen atoms in total. The van der Waals surface area contributed by atoms with Crippen LogP contribution in [0.15, 0.2) is 54.9 Å². The van der Waals surface area contributed by atoms with E-state index in [9.17, 15) is 19.2 Å². The number of anilines is 2. The van der Waals surface area contributed by atoms with E-state index in [-0.39, 0.29) is 24.8 Å². The van der Waals surface area contributed by atoms with Crippen LogP contribution >= 0.6 is 11.3 Å². The van der Waals surface area contributed by atoms with E-state index in [1.54, 1.807) is 34.2 Å². The van der Waals surface area contributed by atoms with Gasteiger partial charge in [0.25, 0.3) is 11.8 Å². The maximum atomic E-state index is 13.3. The number of imide groups is 2. The fraction of sp³-hybridized carbons (Fsp3) is 0.405. The van der Waals surface area contributed by atoms with Gasteiger partial charge in [-0.2, -0.15) is 5.10 Å². The highest BCUT2D eigenvalue weighted by molar-refractivity contribution is 7.18. The zero-order valence-electron chi connectivity index (χ0n) is 32.9. The van der Waals surface area contributed by atoms with E-state index in [1.807, 2.05) is 36.5 Å². The minimum absolute atomic E-state index is 0.0984. The highest BCUT2D eigenvalue weighted by atomic mass is 32.1. The summed E-state index contributed by atoms with van der Waals surface area (Å²) in [6.07, 6.45) is 5.84. The third-order valence-electron chi connectivity index (χ3n) is 11.6. The molecule has 8 heterocycles. The van der Waals surface area contributed by atoms with Crippen molar-refractivity contribution in [2.75, 3.05) is 56.0 Å². The van der Waals surface area contributed by atoms with Crippen molar-refractivity contribution in [2.24, 2.45) is 5.92 Å². The Hall–Kier alpha value is -6.09. The van der Waals surface area contributed by atoms with Gasteiger partial charge >= 0.3 is 0 Å². The standard InChI is InChI=1S/C42H44N12O4S/c1-25(2)46-33-20-34(35-7-5-29-19-28(43-3)21-45-54(29)35)44-22-32(33)39-48-49-42(59-39)52-16-14-51(15-17-52)23-26-10-12-50(13-11-26)24-27-4-6-30-31(18-27)41(58)53(40(30)57)36-8-9-37(55)47-38(36)56/h4-7,18-22,25-26,36H,8-17,23-24H2,1-2H3,(H,44,46)(H,47,55,56). The molecule has 0 saturated carbocycles. The number of pyridine rings is 1. The number of amides is 4. The molecule has 0 spiro atoms. The van der Waals surface area contributed by atoms with Crippen molar-refractivity contribution in [2.45, 2.75) is 58.2 Å². The van der Waals surface area contributed by atoms with Gasteiger partial charge in [0.2, 0.25) is 22.6 Å². The van der Waals surface area contributed by atoms with Crippen molar-refractivity contribution in [3.63, 3.8) is 0 Å². The molecule has 302 valence electrons. The molecule has 0 bridgehead atoms. The molecule has 4 aliphatic rings. The van der Waals surface area contributed by atoms with Crippen LogP contribution in [-0.2, 0) is 16.1 Å². The minimum Gasteiger partial charge on any atom is -0.382 e. The van der Waals surface area contributed by atoms with Crippen LogP contribution in [0.5, 0.6) is 0 Å². The molecule has 0 aliphatic carbocycles. The first-order valence-electron chi connectivity index (χ1n) is 20.1. The summed E-state index contributed by atoms with van der Waals surface area (Å²) in [5.41, 5.74) is 6.37. The number of rotatable bonds is 10. The SMILES string of the molecule is [C-]#[N+]c1cnn2c(-c3cc(NC(C)C)c(-c4nnc(N5CCN(CC6CCN(Cc7ccc8c(c7)C(=O)N(C7CCC(=O)NC7=O)C8=O)CC6)CC5)s4)cn3)ccc2c1. The van der Waals surface area contributed by atoms with Gasteiger partial charge in [-0.25, -0.2) is 9.36 Å². The lowest BCUT2D eigenvalue weighted by Crippen LogP contribution is -2.54. The van der Waals surface area contributed by atoms with Crippen LogP contribution in [0.25, 0.3) is 32.3 Å². The second-order valence-electron chi connectivity index (χ2n) is 16.0. The molecule has 1 unspecified atom stereocenters. The van der Waals surface area contributed by atoms with Crippen molar-refractivity contribution < 1.29 is 19.2 Å².